The lowest BCUT2D eigenvalue weighted by Crippen LogP contribution is -2.44. The van der Waals surface area contributed by atoms with Gasteiger partial charge in [0, 0.05) is 18.5 Å². The van der Waals surface area contributed by atoms with Gasteiger partial charge in [0.05, 0.1) is 5.92 Å². The van der Waals surface area contributed by atoms with Crippen molar-refractivity contribution in [3.8, 4) is 0 Å². The highest BCUT2D eigenvalue weighted by molar-refractivity contribution is 5.79. The number of alkyl halides is 3. The minimum Gasteiger partial charge on any atom is -0.356 e. The molecule has 0 spiro atoms. The lowest BCUT2D eigenvalue weighted by atomic mass is 9.78. The number of rotatable bonds is 4. The third-order valence-electron chi connectivity index (χ3n) is 4.73. The molecular formula is C15H25F3N2O. The molecule has 0 aromatic heterocycles. The van der Waals surface area contributed by atoms with Crippen LogP contribution in [-0.2, 0) is 4.79 Å². The summed E-state index contributed by atoms with van der Waals surface area (Å²) in [6.45, 7) is 1.47. The van der Waals surface area contributed by atoms with E-state index in [2.05, 4.69) is 10.6 Å². The molecule has 1 saturated heterocycles. The van der Waals surface area contributed by atoms with Crippen LogP contribution in [0.15, 0.2) is 0 Å². The van der Waals surface area contributed by atoms with E-state index >= 15 is 0 Å². The maximum atomic E-state index is 13.0. The molecule has 2 aliphatic rings. The zero-order valence-corrected chi connectivity index (χ0v) is 12.3. The van der Waals surface area contributed by atoms with Crippen molar-refractivity contribution in [1.29, 1.82) is 0 Å². The highest BCUT2D eigenvalue weighted by atomic mass is 19.4. The molecule has 1 aliphatic heterocycles. The molecule has 0 aromatic carbocycles. The minimum absolute atomic E-state index is 0.0891. The zero-order valence-electron chi connectivity index (χ0n) is 12.3. The van der Waals surface area contributed by atoms with Crippen LogP contribution in [-0.4, -0.2) is 31.2 Å². The van der Waals surface area contributed by atoms with Crippen LogP contribution in [0, 0.1) is 11.8 Å². The molecule has 122 valence electrons. The van der Waals surface area contributed by atoms with Crippen LogP contribution in [0.25, 0.3) is 0 Å². The number of hydrogen-bond acceptors (Lipinski definition) is 2. The third-order valence-corrected chi connectivity index (χ3v) is 4.73. The van der Waals surface area contributed by atoms with E-state index < -0.39 is 23.9 Å². The van der Waals surface area contributed by atoms with Gasteiger partial charge < -0.3 is 10.6 Å². The molecular weight excluding hydrogens is 281 g/mol. The Kier molecular flexibility index (Phi) is 5.90. The number of piperidine rings is 1. The van der Waals surface area contributed by atoms with Gasteiger partial charge in [-0.3, -0.25) is 4.79 Å². The third kappa shape index (κ3) is 4.87. The second-order valence-corrected chi connectivity index (χ2v) is 6.27. The molecule has 2 rings (SSSR count). The summed E-state index contributed by atoms with van der Waals surface area (Å²) in [5, 5.41) is 6.10. The van der Waals surface area contributed by atoms with Gasteiger partial charge in [0.15, 0.2) is 0 Å². The second kappa shape index (κ2) is 7.47. The van der Waals surface area contributed by atoms with Crippen LogP contribution in [0.5, 0.6) is 0 Å². The van der Waals surface area contributed by atoms with E-state index in [1.165, 1.54) is 12.8 Å². The predicted octanol–water partition coefficient (Wildman–Crippen LogP) is 3.00. The van der Waals surface area contributed by atoms with E-state index in [1.807, 2.05) is 0 Å². The SMILES string of the molecule is O=C(NCCC1CCCCN1)C1CCCCC1C(F)(F)F. The second-order valence-electron chi connectivity index (χ2n) is 6.27. The maximum absolute atomic E-state index is 13.0. The predicted molar refractivity (Wildman–Crippen MR) is 74.8 cm³/mol. The molecule has 1 aliphatic carbocycles. The molecule has 0 aromatic rings. The van der Waals surface area contributed by atoms with E-state index in [1.54, 1.807) is 0 Å². The first-order valence-electron chi connectivity index (χ1n) is 8.06. The molecule has 2 fully saturated rings. The van der Waals surface area contributed by atoms with Gasteiger partial charge in [-0.15, -0.1) is 0 Å². The Labute approximate surface area is 124 Å². The van der Waals surface area contributed by atoms with E-state index in [9.17, 15) is 18.0 Å². The fraction of sp³-hybridized carbons (Fsp3) is 0.933. The highest BCUT2D eigenvalue weighted by Crippen LogP contribution is 2.41. The van der Waals surface area contributed by atoms with Crippen molar-refractivity contribution in [2.24, 2.45) is 11.8 Å². The number of hydrogen-bond donors (Lipinski definition) is 2. The van der Waals surface area contributed by atoms with Crippen LogP contribution >= 0.6 is 0 Å². The minimum atomic E-state index is -4.26. The molecule has 0 radical (unpaired) electrons. The van der Waals surface area contributed by atoms with Crippen molar-refractivity contribution >= 4 is 5.91 Å². The average molecular weight is 306 g/mol. The smallest absolute Gasteiger partial charge is 0.356 e. The van der Waals surface area contributed by atoms with Gasteiger partial charge in [0.1, 0.15) is 0 Å². The van der Waals surface area contributed by atoms with Crippen LogP contribution in [0.2, 0.25) is 0 Å². The normalized spacial score (nSPS) is 30.9. The first-order valence-corrected chi connectivity index (χ1v) is 8.06. The Bertz CT molecular complexity index is 340. The summed E-state index contributed by atoms with van der Waals surface area (Å²) in [5.41, 5.74) is 0. The van der Waals surface area contributed by atoms with Crippen molar-refractivity contribution in [3.05, 3.63) is 0 Å². The van der Waals surface area contributed by atoms with E-state index in [0.717, 1.165) is 25.8 Å². The Hall–Kier alpha value is -0.780. The molecule has 3 atom stereocenters. The van der Waals surface area contributed by atoms with Crippen LogP contribution in [0.4, 0.5) is 13.2 Å². The van der Waals surface area contributed by atoms with Crippen LogP contribution < -0.4 is 10.6 Å². The van der Waals surface area contributed by atoms with Crippen molar-refractivity contribution in [3.63, 3.8) is 0 Å². The Balaban J connectivity index is 1.77. The monoisotopic (exact) mass is 306 g/mol. The Morgan fingerprint density at radius 3 is 2.48 bits per heavy atom. The summed E-state index contributed by atoms with van der Waals surface area (Å²) in [6.07, 6.45) is 1.73. The summed E-state index contributed by atoms with van der Waals surface area (Å²) in [4.78, 5) is 12.1. The fourth-order valence-electron chi connectivity index (χ4n) is 3.51. The van der Waals surface area contributed by atoms with Crippen molar-refractivity contribution in [1.82, 2.24) is 10.6 Å². The van der Waals surface area contributed by atoms with Gasteiger partial charge in [-0.2, -0.15) is 13.2 Å². The van der Waals surface area contributed by atoms with Gasteiger partial charge >= 0.3 is 6.18 Å². The largest absolute Gasteiger partial charge is 0.392 e. The van der Waals surface area contributed by atoms with Gasteiger partial charge in [0.25, 0.3) is 0 Å². The van der Waals surface area contributed by atoms with E-state index in [0.29, 0.717) is 25.4 Å². The van der Waals surface area contributed by atoms with Crippen molar-refractivity contribution < 1.29 is 18.0 Å². The Morgan fingerprint density at radius 2 is 1.81 bits per heavy atom. The lowest BCUT2D eigenvalue weighted by Gasteiger charge is -2.32. The molecule has 3 unspecified atom stereocenters. The van der Waals surface area contributed by atoms with Gasteiger partial charge in [-0.1, -0.05) is 19.3 Å². The molecule has 2 N–H and O–H groups in total. The summed E-state index contributed by atoms with van der Waals surface area (Å²) in [5.74, 6) is -2.76. The van der Waals surface area contributed by atoms with E-state index in [4.69, 9.17) is 0 Å². The summed E-state index contributed by atoms with van der Waals surface area (Å²) in [7, 11) is 0. The quantitative estimate of drug-likeness (QED) is 0.838. The van der Waals surface area contributed by atoms with Crippen molar-refractivity contribution in [2.45, 2.75) is 63.6 Å². The first-order chi connectivity index (χ1) is 9.98. The van der Waals surface area contributed by atoms with Gasteiger partial charge in [-0.05, 0) is 38.6 Å². The first kappa shape index (κ1) is 16.6. The summed E-state index contributed by atoms with van der Waals surface area (Å²) >= 11 is 0. The molecule has 6 heteroatoms. The number of carbonyl (C=O) groups is 1. The number of amides is 1. The Morgan fingerprint density at radius 1 is 1.10 bits per heavy atom. The standard InChI is InChI=1S/C15H25F3N2O/c16-15(17,18)13-7-2-1-6-12(13)14(21)20-10-8-11-5-3-4-9-19-11/h11-13,19H,1-10H2,(H,20,21). The molecule has 21 heavy (non-hydrogen) atoms. The molecule has 0 bridgehead atoms. The van der Waals surface area contributed by atoms with Crippen LogP contribution in [0.3, 0.4) is 0 Å². The lowest BCUT2D eigenvalue weighted by molar-refractivity contribution is -0.198. The van der Waals surface area contributed by atoms with Crippen LogP contribution in [0.1, 0.15) is 51.4 Å². The van der Waals surface area contributed by atoms with Gasteiger partial charge in [0.2, 0.25) is 5.91 Å². The average Bonchev–Trinajstić information content (AvgIpc) is 2.47. The number of carbonyl (C=O) groups excluding carboxylic acids is 1. The molecule has 3 nitrogen and oxygen atoms in total. The number of halogens is 3. The summed E-state index contributed by atoms with van der Waals surface area (Å²) < 4.78 is 38.9. The fourth-order valence-corrected chi connectivity index (χ4v) is 3.51. The molecule has 1 amide bonds. The molecule has 1 heterocycles. The van der Waals surface area contributed by atoms with Gasteiger partial charge in [-0.25, -0.2) is 0 Å². The molecule has 1 saturated carbocycles. The number of nitrogens with one attached hydrogen (secondary N) is 2. The van der Waals surface area contributed by atoms with Crippen molar-refractivity contribution in [2.75, 3.05) is 13.1 Å². The summed E-state index contributed by atoms with van der Waals surface area (Å²) in [6, 6.07) is 0.392. The zero-order chi connectivity index (χ0) is 15.3. The highest BCUT2D eigenvalue weighted by Gasteiger charge is 2.47. The van der Waals surface area contributed by atoms with E-state index in [-0.39, 0.29) is 6.42 Å². The topological polar surface area (TPSA) is 41.1 Å². The maximum Gasteiger partial charge on any atom is 0.392 e.